The van der Waals surface area contributed by atoms with E-state index in [4.69, 9.17) is 21.1 Å². The smallest absolute Gasteiger partial charge is 0.264 e. The van der Waals surface area contributed by atoms with E-state index in [1.807, 2.05) is 30.3 Å². The quantitative estimate of drug-likeness (QED) is 0.154. The minimum Gasteiger partial charge on any atom is -0.493 e. The van der Waals surface area contributed by atoms with E-state index in [-0.39, 0.29) is 41.2 Å². The number of sulfonamides is 1. The topological polar surface area (TPSA) is 105 Å². The number of methoxy groups -OCH3 is 2. The molecule has 0 aromatic heterocycles. The molecule has 0 unspecified atom stereocenters. The van der Waals surface area contributed by atoms with Gasteiger partial charge in [-0.25, -0.2) is 12.8 Å². The van der Waals surface area contributed by atoms with Gasteiger partial charge in [-0.1, -0.05) is 73.3 Å². The zero-order valence-corrected chi connectivity index (χ0v) is 29.6. The van der Waals surface area contributed by atoms with Crippen molar-refractivity contribution < 1.29 is 31.9 Å². The SMILES string of the molecule is COc1ccc(S(=O)(=O)N(CC(=O)N(Cc2ccc(Cl)cc2)[C@@H](Cc2ccccc2)C(=O)NC2CCCCC2)c2ccc(F)cc2)cc1OC. The second kappa shape index (κ2) is 16.9. The van der Waals surface area contributed by atoms with Gasteiger partial charge in [0, 0.05) is 30.1 Å². The zero-order valence-electron chi connectivity index (χ0n) is 28.1. The molecule has 0 aliphatic heterocycles. The van der Waals surface area contributed by atoms with Crippen molar-refractivity contribution in [3.63, 3.8) is 0 Å². The highest BCUT2D eigenvalue weighted by Gasteiger charge is 2.35. The predicted molar refractivity (Wildman–Crippen MR) is 191 cm³/mol. The standard InChI is InChI=1S/C38H41ClFN3O6S/c1-48-35-22-21-33(24-36(35)49-2)50(46,47)43(32-19-17-30(40)18-20-32)26-37(44)42(25-28-13-15-29(39)16-14-28)34(23-27-9-5-3-6-10-27)38(45)41-31-11-7-4-8-12-31/h3,5-6,9-10,13-22,24,31,34H,4,7-8,11-12,23,25-26H2,1-2H3,(H,41,45)/t34-/m0/s1. The summed E-state index contributed by atoms with van der Waals surface area (Å²) >= 11 is 6.17. The van der Waals surface area contributed by atoms with E-state index in [2.05, 4.69) is 5.32 Å². The number of hydrogen-bond donors (Lipinski definition) is 1. The van der Waals surface area contributed by atoms with E-state index in [0.717, 1.165) is 54.1 Å². The number of anilines is 1. The van der Waals surface area contributed by atoms with Gasteiger partial charge in [0.2, 0.25) is 11.8 Å². The van der Waals surface area contributed by atoms with E-state index in [1.165, 1.54) is 49.5 Å². The summed E-state index contributed by atoms with van der Waals surface area (Å²) in [6, 6.07) is 24.2. The number of ether oxygens (including phenoxy) is 2. The predicted octanol–water partition coefficient (Wildman–Crippen LogP) is 6.78. The number of nitrogens with zero attached hydrogens (tertiary/aromatic N) is 2. The Morgan fingerprint density at radius 1 is 0.860 bits per heavy atom. The van der Waals surface area contributed by atoms with Crippen LogP contribution in [-0.4, -0.2) is 58.0 Å². The first kappa shape index (κ1) is 36.7. The summed E-state index contributed by atoms with van der Waals surface area (Å²) < 4.78 is 54.4. The Bertz CT molecular complexity index is 1850. The molecule has 0 saturated heterocycles. The van der Waals surface area contributed by atoms with Crippen molar-refractivity contribution in [2.45, 2.75) is 62.0 Å². The first-order valence-electron chi connectivity index (χ1n) is 16.5. The van der Waals surface area contributed by atoms with E-state index < -0.39 is 34.3 Å². The van der Waals surface area contributed by atoms with Gasteiger partial charge < -0.3 is 19.7 Å². The summed E-state index contributed by atoms with van der Waals surface area (Å²) in [6.45, 7) is -0.683. The van der Waals surface area contributed by atoms with Crippen LogP contribution in [0.2, 0.25) is 5.02 Å². The second-order valence-electron chi connectivity index (χ2n) is 12.2. The van der Waals surface area contributed by atoms with E-state index >= 15 is 0 Å². The molecule has 1 saturated carbocycles. The summed E-state index contributed by atoms with van der Waals surface area (Å²) in [5.74, 6) is -1.04. The van der Waals surface area contributed by atoms with E-state index in [9.17, 15) is 22.4 Å². The van der Waals surface area contributed by atoms with Crippen LogP contribution in [0.15, 0.2) is 102 Å². The molecule has 0 heterocycles. The van der Waals surface area contributed by atoms with Crippen LogP contribution in [0.4, 0.5) is 10.1 Å². The Labute approximate surface area is 298 Å². The molecule has 1 fully saturated rings. The Morgan fingerprint density at radius 2 is 1.52 bits per heavy atom. The van der Waals surface area contributed by atoms with Gasteiger partial charge in [-0.2, -0.15) is 0 Å². The van der Waals surface area contributed by atoms with Crippen LogP contribution >= 0.6 is 11.6 Å². The van der Waals surface area contributed by atoms with Crippen molar-refractivity contribution in [1.82, 2.24) is 10.2 Å². The summed E-state index contributed by atoms with van der Waals surface area (Å²) in [4.78, 5) is 30.2. The van der Waals surface area contributed by atoms with Crippen LogP contribution in [0.3, 0.4) is 0 Å². The number of carbonyl (C=O) groups is 2. The maximum absolute atomic E-state index is 14.7. The summed E-state index contributed by atoms with van der Waals surface area (Å²) in [5.41, 5.74) is 1.59. The largest absolute Gasteiger partial charge is 0.493 e. The molecule has 1 N–H and O–H groups in total. The van der Waals surface area contributed by atoms with Gasteiger partial charge in [0.25, 0.3) is 10.0 Å². The molecule has 264 valence electrons. The molecule has 0 bridgehead atoms. The highest BCUT2D eigenvalue weighted by Crippen LogP contribution is 2.33. The fourth-order valence-corrected chi connectivity index (χ4v) is 7.68. The molecule has 0 radical (unpaired) electrons. The maximum atomic E-state index is 14.7. The normalized spacial score (nSPS) is 14.0. The van der Waals surface area contributed by atoms with E-state index in [0.29, 0.717) is 16.3 Å². The van der Waals surface area contributed by atoms with Crippen LogP contribution in [0.5, 0.6) is 11.5 Å². The average molecular weight is 722 g/mol. The Morgan fingerprint density at radius 3 is 2.16 bits per heavy atom. The Kier molecular flexibility index (Phi) is 12.4. The lowest BCUT2D eigenvalue weighted by molar-refractivity contribution is -0.140. The number of hydrogen-bond acceptors (Lipinski definition) is 6. The molecular weight excluding hydrogens is 681 g/mol. The van der Waals surface area contributed by atoms with Gasteiger partial charge in [0.05, 0.1) is 24.8 Å². The van der Waals surface area contributed by atoms with Crippen molar-refractivity contribution in [2.75, 3.05) is 25.1 Å². The van der Waals surface area contributed by atoms with Gasteiger partial charge in [-0.15, -0.1) is 0 Å². The minimum absolute atomic E-state index is 0.000741. The molecule has 12 heteroatoms. The summed E-state index contributed by atoms with van der Waals surface area (Å²) in [6.07, 6.45) is 4.99. The van der Waals surface area contributed by atoms with Crippen LogP contribution in [0.25, 0.3) is 0 Å². The summed E-state index contributed by atoms with van der Waals surface area (Å²) in [7, 11) is -1.63. The molecule has 5 rings (SSSR count). The molecule has 2 amide bonds. The molecule has 9 nitrogen and oxygen atoms in total. The second-order valence-corrected chi connectivity index (χ2v) is 14.5. The van der Waals surface area contributed by atoms with Gasteiger partial charge in [-0.3, -0.25) is 13.9 Å². The van der Waals surface area contributed by atoms with Crippen molar-refractivity contribution in [1.29, 1.82) is 0 Å². The Hall–Kier alpha value is -4.61. The van der Waals surface area contributed by atoms with Gasteiger partial charge in [0.1, 0.15) is 18.4 Å². The fraction of sp³-hybridized carbons (Fsp3) is 0.316. The maximum Gasteiger partial charge on any atom is 0.264 e. The Balaban J connectivity index is 1.57. The molecule has 1 aliphatic carbocycles. The molecule has 0 spiro atoms. The highest BCUT2D eigenvalue weighted by atomic mass is 35.5. The molecule has 1 atom stereocenters. The third-order valence-corrected chi connectivity index (χ3v) is 10.8. The first-order chi connectivity index (χ1) is 24.1. The molecule has 4 aromatic rings. The number of halogens is 2. The minimum atomic E-state index is -4.45. The van der Waals surface area contributed by atoms with Crippen molar-refractivity contribution in [3.05, 3.63) is 119 Å². The monoisotopic (exact) mass is 721 g/mol. The molecular formula is C38H41ClFN3O6S. The number of carbonyl (C=O) groups excluding carboxylic acids is 2. The van der Waals surface area contributed by atoms with Crippen LogP contribution < -0.4 is 19.1 Å². The highest BCUT2D eigenvalue weighted by molar-refractivity contribution is 7.92. The lowest BCUT2D eigenvalue weighted by atomic mass is 9.94. The van der Waals surface area contributed by atoms with Crippen LogP contribution in [-0.2, 0) is 32.6 Å². The van der Waals surface area contributed by atoms with Crippen molar-refractivity contribution in [2.24, 2.45) is 0 Å². The number of benzene rings is 4. The summed E-state index contributed by atoms with van der Waals surface area (Å²) in [5, 5.41) is 3.69. The number of nitrogens with one attached hydrogen (secondary N) is 1. The first-order valence-corrected chi connectivity index (χ1v) is 18.3. The zero-order chi connectivity index (χ0) is 35.7. The lowest BCUT2D eigenvalue weighted by Gasteiger charge is -2.35. The van der Waals surface area contributed by atoms with Gasteiger partial charge >= 0.3 is 0 Å². The van der Waals surface area contributed by atoms with Gasteiger partial charge in [-0.05, 0) is 72.5 Å². The molecule has 4 aromatic carbocycles. The third-order valence-electron chi connectivity index (χ3n) is 8.83. The van der Waals surface area contributed by atoms with E-state index in [1.54, 1.807) is 24.3 Å². The van der Waals surface area contributed by atoms with Crippen molar-refractivity contribution in [3.8, 4) is 11.5 Å². The van der Waals surface area contributed by atoms with Gasteiger partial charge in [0.15, 0.2) is 11.5 Å². The fourth-order valence-electron chi connectivity index (χ4n) is 6.13. The molecule has 1 aliphatic rings. The van der Waals surface area contributed by atoms with Crippen LogP contribution in [0, 0.1) is 5.82 Å². The van der Waals surface area contributed by atoms with Crippen molar-refractivity contribution >= 4 is 39.1 Å². The number of amides is 2. The third kappa shape index (κ3) is 9.13. The number of rotatable bonds is 14. The lowest BCUT2D eigenvalue weighted by Crippen LogP contribution is -2.55. The van der Waals surface area contributed by atoms with Crippen LogP contribution in [0.1, 0.15) is 43.2 Å². The average Bonchev–Trinajstić information content (AvgIpc) is 3.13. The molecule has 50 heavy (non-hydrogen) atoms.